The smallest absolute Gasteiger partial charge is 0.392 e. The van der Waals surface area contributed by atoms with Crippen LogP contribution in [0.3, 0.4) is 0 Å². The number of ether oxygens (including phenoxy) is 1. The number of aliphatic hydroxyl groups is 1. The minimum absolute atomic E-state index is 0.214. The normalized spacial score (nSPS) is 15.6. The number of rotatable bonds is 3. The second kappa shape index (κ2) is 4.33. The van der Waals surface area contributed by atoms with Crippen LogP contribution in [-0.2, 0) is 5.60 Å². The van der Waals surface area contributed by atoms with Gasteiger partial charge >= 0.3 is 6.18 Å². The number of hydrogen-bond donors (Lipinski definition) is 1. The first-order chi connectivity index (χ1) is 7.24. The van der Waals surface area contributed by atoms with Crippen LogP contribution >= 0.6 is 0 Å². The Hall–Kier alpha value is -1.23. The lowest BCUT2D eigenvalue weighted by atomic mass is 9.92. The average molecular weight is 234 g/mol. The lowest BCUT2D eigenvalue weighted by Gasteiger charge is -2.25. The fourth-order valence-electron chi connectivity index (χ4n) is 1.44. The maximum Gasteiger partial charge on any atom is 0.392 e. The third kappa shape index (κ3) is 3.41. The van der Waals surface area contributed by atoms with E-state index in [1.165, 1.54) is 31.4 Å². The Kier molecular flexibility index (Phi) is 3.48. The van der Waals surface area contributed by atoms with Crippen LogP contribution in [0.2, 0.25) is 0 Å². The Labute approximate surface area is 91.7 Å². The van der Waals surface area contributed by atoms with Crippen LogP contribution in [0.25, 0.3) is 0 Å². The number of methoxy groups -OCH3 is 1. The SMILES string of the molecule is COc1ccc(C(C)(O)CC(F)(F)F)cc1. The molecule has 0 aliphatic rings. The van der Waals surface area contributed by atoms with Crippen molar-refractivity contribution in [2.75, 3.05) is 7.11 Å². The molecule has 1 N–H and O–H groups in total. The number of alkyl halides is 3. The first-order valence-electron chi connectivity index (χ1n) is 4.68. The number of halogens is 3. The zero-order chi connectivity index (χ0) is 12.4. The van der Waals surface area contributed by atoms with E-state index in [9.17, 15) is 18.3 Å². The molecule has 5 heteroatoms. The Morgan fingerprint density at radius 3 is 2.06 bits per heavy atom. The van der Waals surface area contributed by atoms with Crippen LogP contribution in [0.4, 0.5) is 13.2 Å². The molecule has 16 heavy (non-hydrogen) atoms. The van der Waals surface area contributed by atoms with Crippen LogP contribution in [0, 0.1) is 0 Å². The third-order valence-corrected chi connectivity index (χ3v) is 2.26. The summed E-state index contributed by atoms with van der Waals surface area (Å²) in [5.74, 6) is 0.534. The second-order valence-electron chi connectivity index (χ2n) is 3.79. The molecule has 1 unspecified atom stereocenters. The van der Waals surface area contributed by atoms with Gasteiger partial charge in [0.15, 0.2) is 0 Å². The maximum atomic E-state index is 12.2. The quantitative estimate of drug-likeness (QED) is 0.871. The van der Waals surface area contributed by atoms with Gasteiger partial charge in [0.2, 0.25) is 0 Å². The van der Waals surface area contributed by atoms with E-state index in [0.717, 1.165) is 6.92 Å². The van der Waals surface area contributed by atoms with Crippen molar-refractivity contribution in [1.82, 2.24) is 0 Å². The van der Waals surface area contributed by atoms with Crippen molar-refractivity contribution in [2.24, 2.45) is 0 Å². The molecule has 0 radical (unpaired) electrons. The van der Waals surface area contributed by atoms with Crippen LogP contribution in [-0.4, -0.2) is 18.4 Å². The summed E-state index contributed by atoms with van der Waals surface area (Å²) >= 11 is 0. The molecule has 0 aromatic heterocycles. The van der Waals surface area contributed by atoms with Gasteiger partial charge < -0.3 is 9.84 Å². The minimum atomic E-state index is -4.40. The molecular formula is C11H13F3O2. The highest BCUT2D eigenvalue weighted by Crippen LogP contribution is 2.34. The van der Waals surface area contributed by atoms with E-state index < -0.39 is 18.2 Å². The van der Waals surface area contributed by atoms with E-state index >= 15 is 0 Å². The lowest BCUT2D eigenvalue weighted by Crippen LogP contribution is -2.28. The Morgan fingerprint density at radius 2 is 1.69 bits per heavy atom. The Bertz CT molecular complexity index is 341. The summed E-state index contributed by atoms with van der Waals surface area (Å²) in [5, 5.41) is 9.72. The standard InChI is InChI=1S/C11H13F3O2/c1-10(15,7-11(12,13)14)8-3-5-9(16-2)6-4-8/h3-6,15H,7H2,1-2H3. The average Bonchev–Trinajstić information content (AvgIpc) is 2.14. The monoisotopic (exact) mass is 234 g/mol. The highest BCUT2D eigenvalue weighted by atomic mass is 19.4. The van der Waals surface area contributed by atoms with Crippen LogP contribution in [0.1, 0.15) is 18.9 Å². The summed E-state index contributed by atoms with van der Waals surface area (Å²) in [5.41, 5.74) is -1.70. The van der Waals surface area contributed by atoms with E-state index in [1.54, 1.807) is 0 Å². The van der Waals surface area contributed by atoms with Crippen LogP contribution < -0.4 is 4.74 Å². The molecule has 0 aliphatic heterocycles. The molecule has 0 saturated heterocycles. The van der Waals surface area contributed by atoms with Crippen molar-refractivity contribution in [2.45, 2.75) is 25.1 Å². The van der Waals surface area contributed by atoms with Crippen LogP contribution in [0.5, 0.6) is 5.75 Å². The van der Waals surface area contributed by atoms with Crippen molar-refractivity contribution >= 4 is 0 Å². The molecule has 0 spiro atoms. The Morgan fingerprint density at radius 1 is 1.19 bits per heavy atom. The topological polar surface area (TPSA) is 29.5 Å². The fraction of sp³-hybridized carbons (Fsp3) is 0.455. The molecule has 90 valence electrons. The van der Waals surface area contributed by atoms with Gasteiger partial charge in [0.1, 0.15) is 5.75 Å². The van der Waals surface area contributed by atoms with Gasteiger partial charge in [-0.25, -0.2) is 0 Å². The molecule has 1 aromatic rings. The van der Waals surface area contributed by atoms with E-state index in [0.29, 0.717) is 5.75 Å². The fourth-order valence-corrected chi connectivity index (χ4v) is 1.44. The minimum Gasteiger partial charge on any atom is -0.497 e. The van der Waals surface area contributed by atoms with Crippen LogP contribution in [0.15, 0.2) is 24.3 Å². The summed E-state index contributed by atoms with van der Waals surface area (Å²) in [7, 11) is 1.46. The van der Waals surface area contributed by atoms with Gasteiger partial charge in [-0.2, -0.15) is 13.2 Å². The van der Waals surface area contributed by atoms with E-state index in [4.69, 9.17) is 4.74 Å². The molecule has 0 saturated carbocycles. The zero-order valence-electron chi connectivity index (χ0n) is 9.01. The molecule has 0 amide bonds. The number of hydrogen-bond acceptors (Lipinski definition) is 2. The first-order valence-corrected chi connectivity index (χ1v) is 4.68. The summed E-state index contributed by atoms with van der Waals surface area (Å²) in [6.45, 7) is 1.14. The van der Waals surface area contributed by atoms with Gasteiger partial charge in [0, 0.05) is 0 Å². The van der Waals surface area contributed by atoms with Gasteiger partial charge in [0.05, 0.1) is 19.1 Å². The molecule has 2 nitrogen and oxygen atoms in total. The van der Waals surface area contributed by atoms with Crippen molar-refractivity contribution in [3.8, 4) is 5.75 Å². The van der Waals surface area contributed by atoms with Gasteiger partial charge in [0.25, 0.3) is 0 Å². The molecule has 1 atom stereocenters. The van der Waals surface area contributed by atoms with E-state index in [2.05, 4.69) is 0 Å². The summed E-state index contributed by atoms with van der Waals surface area (Å²) < 4.78 is 41.5. The lowest BCUT2D eigenvalue weighted by molar-refractivity contribution is -0.174. The second-order valence-corrected chi connectivity index (χ2v) is 3.79. The van der Waals surface area contributed by atoms with Crippen molar-refractivity contribution < 1.29 is 23.0 Å². The van der Waals surface area contributed by atoms with Gasteiger partial charge in [-0.1, -0.05) is 12.1 Å². The molecule has 0 heterocycles. The van der Waals surface area contributed by atoms with Crippen molar-refractivity contribution in [3.63, 3.8) is 0 Å². The largest absolute Gasteiger partial charge is 0.497 e. The summed E-state index contributed by atoms with van der Waals surface area (Å²) in [6, 6.07) is 5.87. The maximum absolute atomic E-state index is 12.2. The predicted molar refractivity (Wildman–Crippen MR) is 53.2 cm³/mol. The first kappa shape index (κ1) is 12.8. The summed E-state index contributed by atoms with van der Waals surface area (Å²) in [6.07, 6.45) is -5.67. The number of benzene rings is 1. The van der Waals surface area contributed by atoms with E-state index in [-0.39, 0.29) is 5.56 Å². The highest BCUT2D eigenvalue weighted by Gasteiger charge is 2.39. The molecule has 0 fully saturated rings. The van der Waals surface area contributed by atoms with Crippen molar-refractivity contribution in [3.05, 3.63) is 29.8 Å². The van der Waals surface area contributed by atoms with Gasteiger partial charge in [-0.15, -0.1) is 0 Å². The molecule has 1 aromatic carbocycles. The summed E-state index contributed by atoms with van der Waals surface area (Å²) in [4.78, 5) is 0. The molecule has 0 bridgehead atoms. The molecule has 0 aliphatic carbocycles. The zero-order valence-corrected chi connectivity index (χ0v) is 9.01. The predicted octanol–water partition coefficient (Wildman–Crippen LogP) is 2.86. The third-order valence-electron chi connectivity index (χ3n) is 2.26. The Balaban J connectivity index is 2.89. The highest BCUT2D eigenvalue weighted by molar-refractivity contribution is 5.30. The van der Waals surface area contributed by atoms with Gasteiger partial charge in [-0.05, 0) is 24.6 Å². The molecule has 1 rings (SSSR count). The molecular weight excluding hydrogens is 221 g/mol. The van der Waals surface area contributed by atoms with Gasteiger partial charge in [-0.3, -0.25) is 0 Å². The van der Waals surface area contributed by atoms with E-state index in [1.807, 2.05) is 0 Å². The van der Waals surface area contributed by atoms with Crippen molar-refractivity contribution in [1.29, 1.82) is 0 Å².